The maximum absolute atomic E-state index is 12.9. The number of amides is 1. The number of amidine groups is 1. The van der Waals surface area contributed by atoms with Crippen LogP contribution in [0.15, 0.2) is 40.7 Å². The Balaban J connectivity index is 1.19. The molecule has 0 radical (unpaired) electrons. The van der Waals surface area contributed by atoms with Gasteiger partial charge in [0.1, 0.15) is 17.3 Å². The molecule has 1 aromatic carbocycles. The quantitative estimate of drug-likeness (QED) is 0.665. The van der Waals surface area contributed by atoms with E-state index in [0.29, 0.717) is 34.9 Å². The number of piperazine rings is 1. The summed E-state index contributed by atoms with van der Waals surface area (Å²) in [4.78, 5) is 29.4. The van der Waals surface area contributed by atoms with Crippen molar-refractivity contribution in [1.82, 2.24) is 19.8 Å². The molecule has 36 heavy (non-hydrogen) atoms. The normalized spacial score (nSPS) is 21.5. The lowest BCUT2D eigenvalue weighted by Crippen LogP contribution is -2.59. The lowest BCUT2D eigenvalue weighted by Gasteiger charge is -2.47. The molecule has 190 valence electrons. The molecule has 0 saturated carbocycles. The van der Waals surface area contributed by atoms with Crippen molar-refractivity contribution in [2.45, 2.75) is 51.6 Å². The topological polar surface area (TPSA) is 103 Å². The number of piperidine rings is 1. The number of likely N-dealkylation sites (tertiary alicyclic amines) is 1. The second-order valence-corrected chi connectivity index (χ2v) is 10.2. The van der Waals surface area contributed by atoms with Crippen LogP contribution >= 0.6 is 11.6 Å². The van der Waals surface area contributed by atoms with Gasteiger partial charge in [-0.05, 0) is 50.5 Å². The SMILES string of the molecule is CC[C@H]1CN(c2ncc(C3=NN=C(N)C3)nc2C)CCN1C1CCN(C(=O)c2ccc(Cl)cc2)CC1. The number of nitrogens with zero attached hydrogens (tertiary/aromatic N) is 7. The van der Waals surface area contributed by atoms with Crippen molar-refractivity contribution in [3.05, 3.63) is 52.4 Å². The van der Waals surface area contributed by atoms with E-state index in [2.05, 4.69) is 26.9 Å². The van der Waals surface area contributed by atoms with Crippen molar-refractivity contribution in [3.63, 3.8) is 0 Å². The highest BCUT2D eigenvalue weighted by Gasteiger charge is 2.35. The molecule has 5 rings (SSSR count). The fourth-order valence-electron chi connectivity index (χ4n) is 5.52. The van der Waals surface area contributed by atoms with Gasteiger partial charge in [0.05, 0.1) is 24.0 Å². The molecule has 1 aromatic heterocycles. The summed E-state index contributed by atoms with van der Waals surface area (Å²) in [6.07, 6.45) is 5.37. The van der Waals surface area contributed by atoms with Gasteiger partial charge in [-0.1, -0.05) is 18.5 Å². The summed E-state index contributed by atoms with van der Waals surface area (Å²) < 4.78 is 0. The monoisotopic (exact) mass is 508 g/mol. The van der Waals surface area contributed by atoms with E-state index in [9.17, 15) is 4.79 Å². The number of carbonyl (C=O) groups is 1. The predicted octanol–water partition coefficient (Wildman–Crippen LogP) is 3.11. The summed E-state index contributed by atoms with van der Waals surface area (Å²) >= 11 is 5.98. The summed E-state index contributed by atoms with van der Waals surface area (Å²) in [6.45, 7) is 8.64. The van der Waals surface area contributed by atoms with Crippen molar-refractivity contribution in [1.29, 1.82) is 0 Å². The zero-order valence-corrected chi connectivity index (χ0v) is 21.7. The molecule has 2 aromatic rings. The molecule has 1 atom stereocenters. The summed E-state index contributed by atoms with van der Waals surface area (Å²) in [5.41, 5.74) is 8.87. The van der Waals surface area contributed by atoms with Crippen LogP contribution < -0.4 is 10.6 Å². The highest BCUT2D eigenvalue weighted by atomic mass is 35.5. The standard InChI is InChI=1S/C26H33ClN8O/c1-3-20-16-34(25-17(2)30-23(15-29-25)22-14-24(28)32-31-22)12-13-35(20)21-8-10-33(11-9-21)26(36)18-4-6-19(27)7-5-18/h4-7,15,20-21H,3,8-14,16H2,1-2H3,(H2,28,32)/t20-/m0/s1. The van der Waals surface area contributed by atoms with Crippen LogP contribution in [0, 0.1) is 6.92 Å². The highest BCUT2D eigenvalue weighted by Crippen LogP contribution is 2.27. The molecule has 0 spiro atoms. The first-order valence-electron chi connectivity index (χ1n) is 12.7. The summed E-state index contributed by atoms with van der Waals surface area (Å²) in [5, 5.41) is 8.68. The van der Waals surface area contributed by atoms with Gasteiger partial charge in [-0.2, -0.15) is 5.10 Å². The fraction of sp³-hybridized carbons (Fsp3) is 0.500. The largest absolute Gasteiger partial charge is 0.385 e. The fourth-order valence-corrected chi connectivity index (χ4v) is 5.64. The number of halogens is 1. The number of benzene rings is 1. The molecule has 0 bridgehead atoms. The maximum atomic E-state index is 12.9. The molecule has 0 unspecified atom stereocenters. The lowest BCUT2D eigenvalue weighted by atomic mass is 9.97. The molecular weight excluding hydrogens is 476 g/mol. The number of hydrogen-bond acceptors (Lipinski definition) is 8. The van der Waals surface area contributed by atoms with Crippen LogP contribution in [0.5, 0.6) is 0 Å². The molecule has 4 heterocycles. The van der Waals surface area contributed by atoms with Crippen LogP contribution in [0.25, 0.3) is 0 Å². The first-order chi connectivity index (χ1) is 17.4. The Hall–Kier alpha value is -3.04. The van der Waals surface area contributed by atoms with Gasteiger partial charge >= 0.3 is 0 Å². The van der Waals surface area contributed by atoms with E-state index in [0.717, 1.165) is 74.9 Å². The minimum Gasteiger partial charge on any atom is -0.385 e. The highest BCUT2D eigenvalue weighted by molar-refractivity contribution is 6.30. The van der Waals surface area contributed by atoms with E-state index in [1.54, 1.807) is 18.3 Å². The first-order valence-corrected chi connectivity index (χ1v) is 13.1. The lowest BCUT2D eigenvalue weighted by molar-refractivity contribution is 0.0490. The van der Waals surface area contributed by atoms with Crippen molar-refractivity contribution in [2.24, 2.45) is 15.9 Å². The Kier molecular flexibility index (Phi) is 7.20. The van der Waals surface area contributed by atoms with E-state index in [1.165, 1.54) is 0 Å². The van der Waals surface area contributed by atoms with Crippen LogP contribution in [-0.4, -0.2) is 82.0 Å². The van der Waals surface area contributed by atoms with Gasteiger partial charge in [0, 0.05) is 55.4 Å². The van der Waals surface area contributed by atoms with Gasteiger partial charge in [0.15, 0.2) is 0 Å². The van der Waals surface area contributed by atoms with E-state index >= 15 is 0 Å². The van der Waals surface area contributed by atoms with E-state index in [4.69, 9.17) is 27.3 Å². The zero-order chi connectivity index (χ0) is 25.2. The Morgan fingerprint density at radius 1 is 1.11 bits per heavy atom. The van der Waals surface area contributed by atoms with Gasteiger partial charge in [-0.25, -0.2) is 9.97 Å². The van der Waals surface area contributed by atoms with Crippen LogP contribution in [-0.2, 0) is 0 Å². The zero-order valence-electron chi connectivity index (χ0n) is 20.9. The number of carbonyl (C=O) groups excluding carboxylic acids is 1. The van der Waals surface area contributed by atoms with Crippen molar-refractivity contribution < 1.29 is 4.79 Å². The van der Waals surface area contributed by atoms with Gasteiger partial charge in [-0.3, -0.25) is 9.69 Å². The summed E-state index contributed by atoms with van der Waals surface area (Å²) in [5.74, 6) is 1.54. The van der Waals surface area contributed by atoms with E-state index in [-0.39, 0.29) is 5.91 Å². The van der Waals surface area contributed by atoms with Gasteiger partial charge in [0.25, 0.3) is 5.91 Å². The first kappa shape index (κ1) is 24.6. The number of aromatic nitrogens is 2. The second-order valence-electron chi connectivity index (χ2n) is 9.76. The van der Waals surface area contributed by atoms with Gasteiger partial charge < -0.3 is 15.5 Å². The third-order valence-corrected chi connectivity index (χ3v) is 7.73. The Morgan fingerprint density at radius 3 is 2.50 bits per heavy atom. The molecule has 2 saturated heterocycles. The van der Waals surface area contributed by atoms with Crippen LogP contribution in [0.4, 0.5) is 5.82 Å². The molecular formula is C26H33ClN8O. The summed E-state index contributed by atoms with van der Waals surface area (Å²) in [7, 11) is 0. The van der Waals surface area contributed by atoms with Crippen molar-refractivity contribution in [3.8, 4) is 0 Å². The molecule has 9 nitrogen and oxygen atoms in total. The number of hydrogen-bond donors (Lipinski definition) is 1. The van der Waals surface area contributed by atoms with Crippen LogP contribution in [0.1, 0.15) is 54.4 Å². The molecule has 3 aliphatic rings. The number of rotatable bonds is 5. The number of anilines is 1. The van der Waals surface area contributed by atoms with Gasteiger partial charge in [-0.15, -0.1) is 5.10 Å². The Morgan fingerprint density at radius 2 is 1.86 bits per heavy atom. The predicted molar refractivity (Wildman–Crippen MR) is 143 cm³/mol. The average Bonchev–Trinajstić information content (AvgIpc) is 3.34. The van der Waals surface area contributed by atoms with Crippen LogP contribution in [0.3, 0.4) is 0 Å². The van der Waals surface area contributed by atoms with E-state index in [1.807, 2.05) is 24.0 Å². The molecule has 1 amide bonds. The third-order valence-electron chi connectivity index (χ3n) is 7.48. The molecule has 2 N–H and O–H groups in total. The number of nitrogens with two attached hydrogens (primary N) is 1. The average molecular weight is 509 g/mol. The van der Waals surface area contributed by atoms with Crippen molar-refractivity contribution in [2.75, 3.05) is 37.6 Å². The number of aryl methyl sites for hydroxylation is 1. The smallest absolute Gasteiger partial charge is 0.253 e. The second kappa shape index (κ2) is 10.5. The third kappa shape index (κ3) is 5.08. The molecule has 10 heteroatoms. The minimum atomic E-state index is 0.0947. The maximum Gasteiger partial charge on any atom is 0.253 e. The van der Waals surface area contributed by atoms with Crippen molar-refractivity contribution >= 4 is 34.9 Å². The van der Waals surface area contributed by atoms with E-state index < -0.39 is 0 Å². The molecule has 2 fully saturated rings. The van der Waals surface area contributed by atoms with Gasteiger partial charge in [0.2, 0.25) is 0 Å². The molecule has 0 aliphatic carbocycles. The minimum absolute atomic E-state index is 0.0947. The van der Waals surface area contributed by atoms with Crippen LogP contribution in [0.2, 0.25) is 5.02 Å². The Labute approximate surface area is 217 Å². The Bertz CT molecular complexity index is 1170. The summed E-state index contributed by atoms with van der Waals surface area (Å²) in [6, 6.07) is 8.11. The molecule has 3 aliphatic heterocycles.